The lowest BCUT2D eigenvalue weighted by molar-refractivity contribution is -0.120. The van der Waals surface area contributed by atoms with Crippen molar-refractivity contribution in [1.82, 2.24) is 30.2 Å². The summed E-state index contributed by atoms with van der Waals surface area (Å²) in [6.45, 7) is 0.923. The van der Waals surface area contributed by atoms with Crippen molar-refractivity contribution in [3.63, 3.8) is 0 Å². The predicted molar refractivity (Wildman–Crippen MR) is 411 cm³/mol. The third-order valence-corrected chi connectivity index (χ3v) is 16.9. The van der Waals surface area contributed by atoms with Crippen LogP contribution in [0, 0.1) is 17.8 Å². The first-order valence-corrected chi connectivity index (χ1v) is 30.3. The molecular weight excluding hydrogens is 1330 g/mol. The van der Waals surface area contributed by atoms with Crippen molar-refractivity contribution in [2.45, 2.75) is 69.4 Å². The number of rotatable bonds is 18. The van der Waals surface area contributed by atoms with Gasteiger partial charge >= 0.3 is 11.9 Å². The number of aromatic nitrogens is 5. The van der Waals surface area contributed by atoms with Crippen molar-refractivity contribution in [1.29, 1.82) is 0 Å². The fourth-order valence-electron chi connectivity index (χ4n) is 11.5. The van der Waals surface area contributed by atoms with E-state index in [0.29, 0.717) is 43.5 Å². The van der Waals surface area contributed by atoms with E-state index >= 15 is 0 Å². The van der Waals surface area contributed by atoms with Crippen LogP contribution in [-0.4, -0.2) is 72.3 Å². The molecule has 97 heavy (non-hydrogen) atoms. The highest BCUT2D eigenvalue weighted by atomic mass is 32.1. The molecule has 3 aliphatic rings. The standard InChI is InChI=1S/C27H23N3O2.C22H19NO3.C21H17NO3.C6H8N2.6H2S/c31-26(14-18-4-5-22-16-28-12-10-21(22)13-18)25-15-24(25)19-6-8-20(9-7-19)27(32)30-17-23-3-1-2-11-29-23;1-26-22(25)16-6-4-15(5-7-16)19-12-20(19)21(24)11-14-2-3-18-13-23-9-8-17(18)10-14;23-20(10-13-1-2-17-12-22-8-7-16(17)9-13)19-11-18(19)14-3-5-15(6-4-14)21(24)25;7-5-6-3-1-2-4-8-6;;;;;;/h1-13,16,24-25H,14-15,17H2,(H,30,32);2-10,13,19-20H,11-12H2,1H3;1-9,12,18-19H,10-11H2,(H,24,25);1-4H,5,7H2;6*1H2/t24-,25+;19-,20+;18-,19+;;;;;;;/m111......./s1. The molecule has 1 amide bonds. The summed E-state index contributed by atoms with van der Waals surface area (Å²) >= 11 is 0. The highest BCUT2D eigenvalue weighted by Crippen LogP contribution is 2.50. The molecular formula is C76H79N7O8S6. The molecule has 502 valence electrons. The molecule has 5 aromatic heterocycles. The fraction of sp³-hybridized carbons (Fsp3) is 0.197. The van der Waals surface area contributed by atoms with Crippen molar-refractivity contribution >= 4 is 148 Å². The average Bonchev–Trinajstić information content (AvgIpc) is 1.66. The van der Waals surface area contributed by atoms with Crippen LogP contribution in [0.4, 0.5) is 0 Å². The summed E-state index contributed by atoms with van der Waals surface area (Å²) in [5.74, 6) is 0.325. The summed E-state index contributed by atoms with van der Waals surface area (Å²) in [4.78, 5) is 93.3. The summed E-state index contributed by atoms with van der Waals surface area (Å²) < 4.78 is 4.71. The van der Waals surface area contributed by atoms with Gasteiger partial charge in [0.2, 0.25) is 0 Å². The lowest BCUT2D eigenvalue weighted by atomic mass is 10.00. The molecule has 14 rings (SSSR count). The minimum Gasteiger partial charge on any atom is -0.478 e. The van der Waals surface area contributed by atoms with Crippen LogP contribution in [0.5, 0.6) is 0 Å². The number of carbonyl (C=O) groups excluding carboxylic acids is 5. The molecule has 0 bridgehead atoms. The summed E-state index contributed by atoms with van der Waals surface area (Å²) in [6.07, 6.45) is 18.2. The smallest absolute Gasteiger partial charge is 0.337 e. The van der Waals surface area contributed by atoms with E-state index in [-0.39, 0.29) is 151 Å². The highest BCUT2D eigenvalue weighted by Gasteiger charge is 2.45. The van der Waals surface area contributed by atoms with E-state index in [0.717, 1.165) is 96.3 Å². The van der Waals surface area contributed by atoms with E-state index in [1.165, 1.54) is 7.11 Å². The number of nitrogens with zero attached hydrogens (tertiary/aromatic N) is 5. The zero-order valence-corrected chi connectivity index (χ0v) is 59.2. The van der Waals surface area contributed by atoms with E-state index < -0.39 is 5.97 Å². The Bertz CT molecular complexity index is 4430. The van der Waals surface area contributed by atoms with Crippen LogP contribution in [0.1, 0.15) is 113 Å². The highest BCUT2D eigenvalue weighted by molar-refractivity contribution is 7.60. The third-order valence-electron chi connectivity index (χ3n) is 16.9. The second kappa shape index (κ2) is 37.7. The summed E-state index contributed by atoms with van der Waals surface area (Å²) in [7, 11) is 1.37. The number of amides is 1. The molecule has 0 spiro atoms. The van der Waals surface area contributed by atoms with Crippen LogP contribution in [0.3, 0.4) is 0 Å². The van der Waals surface area contributed by atoms with Crippen LogP contribution in [0.15, 0.2) is 232 Å². The molecule has 0 aliphatic heterocycles. The van der Waals surface area contributed by atoms with E-state index in [2.05, 4.69) is 42.4 Å². The number of Topliss-reactive ketones (excluding diaryl/α,β-unsaturated/α-hetero) is 3. The number of ketones is 3. The molecule has 6 atom stereocenters. The van der Waals surface area contributed by atoms with Gasteiger partial charge in [-0.3, -0.25) is 44.1 Å². The molecule has 6 aromatic carbocycles. The quantitative estimate of drug-likeness (QED) is 0.0678. The topological polar surface area (TPSA) is 234 Å². The Kier molecular flexibility index (Phi) is 30.7. The number of carboxylic acids is 1. The number of hydrogen-bond acceptors (Lipinski definition) is 13. The van der Waals surface area contributed by atoms with Crippen molar-refractivity contribution in [2.24, 2.45) is 23.5 Å². The minimum absolute atomic E-state index is 0. The lowest BCUT2D eigenvalue weighted by Gasteiger charge is -2.06. The van der Waals surface area contributed by atoms with Gasteiger partial charge in [-0.15, -0.1) is 0 Å². The molecule has 3 saturated carbocycles. The van der Waals surface area contributed by atoms with Gasteiger partial charge in [0.15, 0.2) is 0 Å². The van der Waals surface area contributed by atoms with Gasteiger partial charge in [0.05, 0.1) is 36.2 Å². The first-order chi connectivity index (χ1) is 44.4. The van der Waals surface area contributed by atoms with Crippen LogP contribution < -0.4 is 11.1 Å². The van der Waals surface area contributed by atoms with Gasteiger partial charge in [-0.1, -0.05) is 103 Å². The van der Waals surface area contributed by atoms with Crippen LogP contribution in [0.25, 0.3) is 32.3 Å². The van der Waals surface area contributed by atoms with E-state index in [4.69, 9.17) is 15.6 Å². The number of benzene rings is 6. The average molecular weight is 1410 g/mol. The van der Waals surface area contributed by atoms with Crippen LogP contribution in [-0.2, 0) is 51.5 Å². The normalized spacial score (nSPS) is 16.2. The molecule has 11 aromatic rings. The monoisotopic (exact) mass is 1410 g/mol. The Morgan fingerprint density at radius 3 is 1.12 bits per heavy atom. The number of hydrogen-bond donors (Lipinski definition) is 3. The molecule has 15 nitrogen and oxygen atoms in total. The number of methoxy groups -OCH3 is 1. The van der Waals surface area contributed by atoms with Crippen molar-refractivity contribution in [3.05, 3.63) is 293 Å². The second-order valence-electron chi connectivity index (χ2n) is 23.1. The molecule has 0 unspecified atom stereocenters. The molecule has 4 N–H and O–H groups in total. The van der Waals surface area contributed by atoms with E-state index in [1.807, 2.05) is 164 Å². The first kappa shape index (κ1) is 79.0. The predicted octanol–water partition coefficient (Wildman–Crippen LogP) is 13.5. The van der Waals surface area contributed by atoms with Gasteiger partial charge in [0.25, 0.3) is 5.91 Å². The number of carboxylic acid groups (broad SMARTS) is 1. The number of carbonyl (C=O) groups is 6. The second-order valence-corrected chi connectivity index (χ2v) is 23.1. The third kappa shape index (κ3) is 21.4. The van der Waals surface area contributed by atoms with Gasteiger partial charge in [-0.2, -0.15) is 81.0 Å². The van der Waals surface area contributed by atoms with Gasteiger partial charge in [-0.05, 0) is 165 Å². The lowest BCUT2D eigenvalue weighted by Crippen LogP contribution is -2.23. The first-order valence-electron chi connectivity index (χ1n) is 30.3. The van der Waals surface area contributed by atoms with Crippen molar-refractivity contribution in [2.75, 3.05) is 7.11 Å². The molecule has 3 fully saturated rings. The molecule has 0 radical (unpaired) electrons. The summed E-state index contributed by atoms with van der Waals surface area (Å²) in [5, 5.41) is 18.4. The number of nitrogens with one attached hydrogen (secondary N) is 1. The molecule has 3 aliphatic carbocycles. The number of aromatic carboxylic acids is 1. The van der Waals surface area contributed by atoms with Gasteiger partial charge in [0.1, 0.15) is 17.3 Å². The number of ether oxygens (including phenoxy) is 1. The fourth-order valence-corrected chi connectivity index (χ4v) is 11.5. The Hall–Kier alpha value is -8.67. The van der Waals surface area contributed by atoms with Crippen LogP contribution in [0.2, 0.25) is 0 Å². The number of pyridine rings is 5. The summed E-state index contributed by atoms with van der Waals surface area (Å²) in [5.41, 5.74) is 14.8. The van der Waals surface area contributed by atoms with Crippen molar-refractivity contribution in [3.8, 4) is 0 Å². The zero-order chi connectivity index (χ0) is 63.2. The Morgan fingerprint density at radius 1 is 0.433 bits per heavy atom. The van der Waals surface area contributed by atoms with E-state index in [1.54, 1.807) is 55.2 Å². The Labute approximate surface area is 606 Å². The maximum absolute atomic E-state index is 12.8. The van der Waals surface area contributed by atoms with Gasteiger partial charge in [0, 0.05) is 115 Å². The van der Waals surface area contributed by atoms with Crippen LogP contribution >= 0.6 is 81.0 Å². The SMILES string of the molecule is COC(=O)c1ccc([C@H]2C[C@@H]2C(=O)Cc2ccc3cnccc3c2)cc1.NCc1ccccn1.O=C(NCc1ccccn1)c1ccc([C@H]2C[C@@H]2C(=O)Cc2ccc3cnccc3c2)cc1.O=C(O)c1ccc([C@H]2C[C@@H]2C(=O)Cc2ccc3cnccc3c2)cc1.S.S.S.S.S.S. The number of esters is 1. The molecule has 5 heterocycles. The summed E-state index contributed by atoms with van der Waals surface area (Å²) in [6, 6.07) is 57.3. The number of fused-ring (bicyclic) bond motifs is 3. The van der Waals surface area contributed by atoms with Gasteiger partial charge < -0.3 is 20.9 Å². The van der Waals surface area contributed by atoms with Crippen molar-refractivity contribution < 1.29 is 38.6 Å². The molecule has 0 saturated heterocycles. The Morgan fingerprint density at radius 2 is 0.794 bits per heavy atom. The Balaban J connectivity index is 0.000000243. The largest absolute Gasteiger partial charge is 0.478 e. The minimum atomic E-state index is -0.929. The maximum Gasteiger partial charge on any atom is 0.337 e. The number of nitrogens with two attached hydrogens (primary N) is 1. The van der Waals surface area contributed by atoms with E-state index in [9.17, 15) is 28.8 Å². The maximum atomic E-state index is 12.8. The zero-order valence-electron chi connectivity index (χ0n) is 53.2. The van der Waals surface area contributed by atoms with Gasteiger partial charge in [-0.25, -0.2) is 9.59 Å². The molecule has 21 heteroatoms.